The van der Waals surface area contributed by atoms with Gasteiger partial charge in [-0.15, -0.1) is 0 Å². The average Bonchev–Trinajstić information content (AvgIpc) is 3.33. The predicted molar refractivity (Wildman–Crippen MR) is 170 cm³/mol. The minimum atomic E-state index is -0.409. The third-order valence-corrected chi connectivity index (χ3v) is 9.52. The molecule has 2 aliphatic heterocycles. The standard InChI is InChI=1S/C34H49FN6O2/c1-7-40(24(4)5)34(43)31-17-28(35)8-9-29(31)30-16-26(21-41-25(6)36-18-32(30)41)27-19-39(20-27)33(23(2)3)22-38-12-10-37(11-13-38)14-15-42/h8-9,16-18,21,23-24,27,33,42H,7,10-15,19-20,22H2,1-6H3/t33-/m1/s1. The van der Waals surface area contributed by atoms with Crippen molar-refractivity contribution in [3.05, 3.63) is 59.4 Å². The molecule has 4 heterocycles. The van der Waals surface area contributed by atoms with Crippen molar-refractivity contribution in [2.24, 2.45) is 5.92 Å². The molecule has 234 valence electrons. The molecule has 1 N–H and O–H groups in total. The first kappa shape index (κ1) is 31.6. The van der Waals surface area contributed by atoms with E-state index in [2.05, 4.69) is 50.2 Å². The molecule has 1 atom stereocenters. The van der Waals surface area contributed by atoms with E-state index in [9.17, 15) is 14.3 Å². The number of halogens is 1. The number of amides is 1. The van der Waals surface area contributed by atoms with Gasteiger partial charge in [-0.05, 0) is 62.9 Å². The van der Waals surface area contributed by atoms with Crippen LogP contribution < -0.4 is 0 Å². The van der Waals surface area contributed by atoms with E-state index in [1.165, 1.54) is 17.7 Å². The van der Waals surface area contributed by atoms with E-state index >= 15 is 0 Å². The van der Waals surface area contributed by atoms with Crippen molar-refractivity contribution >= 4 is 11.4 Å². The number of carbonyl (C=O) groups is 1. The highest BCUT2D eigenvalue weighted by Crippen LogP contribution is 2.37. The number of β-amino-alcohol motifs (C(OH)–C–C–N with tert-alkyl or cyclic N) is 1. The lowest BCUT2D eigenvalue weighted by atomic mass is 9.86. The van der Waals surface area contributed by atoms with E-state index in [4.69, 9.17) is 0 Å². The third kappa shape index (κ3) is 6.65. The Bertz CT molecular complexity index is 1410. The number of imidazole rings is 1. The van der Waals surface area contributed by atoms with E-state index in [0.29, 0.717) is 30.0 Å². The lowest BCUT2D eigenvalue weighted by Crippen LogP contribution is -2.58. The van der Waals surface area contributed by atoms with Crippen LogP contribution in [0, 0.1) is 18.7 Å². The number of rotatable bonds is 11. The zero-order chi connectivity index (χ0) is 30.8. The Balaban J connectivity index is 1.40. The highest BCUT2D eigenvalue weighted by atomic mass is 19.1. The fourth-order valence-corrected chi connectivity index (χ4v) is 6.85. The maximum atomic E-state index is 14.6. The second-order valence-corrected chi connectivity index (χ2v) is 13.0. The zero-order valence-corrected chi connectivity index (χ0v) is 26.8. The summed E-state index contributed by atoms with van der Waals surface area (Å²) in [6.07, 6.45) is 4.06. The number of carbonyl (C=O) groups excluding carboxylic acids is 1. The highest BCUT2D eigenvalue weighted by molar-refractivity contribution is 6.03. The molecule has 2 aromatic heterocycles. The molecule has 5 rings (SSSR count). The minimum Gasteiger partial charge on any atom is -0.395 e. The van der Waals surface area contributed by atoms with Crippen LogP contribution >= 0.6 is 0 Å². The summed E-state index contributed by atoms with van der Waals surface area (Å²) in [5.74, 6) is 1.24. The van der Waals surface area contributed by atoms with Gasteiger partial charge in [-0.25, -0.2) is 9.37 Å². The Labute approximate surface area is 256 Å². The largest absolute Gasteiger partial charge is 0.395 e. The summed E-state index contributed by atoms with van der Waals surface area (Å²) >= 11 is 0. The van der Waals surface area contributed by atoms with Crippen molar-refractivity contribution in [2.75, 3.05) is 65.5 Å². The number of benzene rings is 1. The van der Waals surface area contributed by atoms with Gasteiger partial charge in [0.05, 0.1) is 23.9 Å². The topological polar surface area (TPSA) is 67.6 Å². The summed E-state index contributed by atoms with van der Waals surface area (Å²) in [4.78, 5) is 27.6. The summed E-state index contributed by atoms with van der Waals surface area (Å²) in [6, 6.07) is 7.29. The maximum Gasteiger partial charge on any atom is 0.254 e. The minimum absolute atomic E-state index is 0.0106. The van der Waals surface area contributed by atoms with Crippen LogP contribution in [-0.4, -0.2) is 118 Å². The van der Waals surface area contributed by atoms with Gasteiger partial charge in [-0.3, -0.25) is 19.5 Å². The molecule has 2 aliphatic rings. The number of fused-ring (bicyclic) bond motifs is 1. The Hall–Kier alpha value is -2.85. The van der Waals surface area contributed by atoms with Gasteiger partial charge in [-0.1, -0.05) is 19.9 Å². The van der Waals surface area contributed by atoms with Crippen LogP contribution in [0.15, 0.2) is 36.7 Å². The summed E-state index contributed by atoms with van der Waals surface area (Å²) in [5.41, 5.74) is 4.20. The van der Waals surface area contributed by atoms with Crippen molar-refractivity contribution in [1.29, 1.82) is 0 Å². The zero-order valence-electron chi connectivity index (χ0n) is 26.8. The van der Waals surface area contributed by atoms with Crippen LogP contribution in [0.4, 0.5) is 4.39 Å². The van der Waals surface area contributed by atoms with E-state index in [0.717, 1.165) is 74.8 Å². The molecule has 0 spiro atoms. The van der Waals surface area contributed by atoms with Gasteiger partial charge in [-0.2, -0.15) is 0 Å². The van der Waals surface area contributed by atoms with E-state index < -0.39 is 5.82 Å². The molecule has 0 saturated carbocycles. The molecule has 8 nitrogen and oxygen atoms in total. The fourth-order valence-electron chi connectivity index (χ4n) is 6.85. The van der Waals surface area contributed by atoms with Crippen LogP contribution in [0.2, 0.25) is 0 Å². The Morgan fingerprint density at radius 1 is 1.07 bits per heavy atom. The number of likely N-dealkylation sites (tertiary alicyclic amines) is 1. The van der Waals surface area contributed by atoms with Crippen molar-refractivity contribution < 1.29 is 14.3 Å². The van der Waals surface area contributed by atoms with Crippen LogP contribution in [0.1, 0.15) is 62.3 Å². The molecular formula is C34H49FN6O2. The molecule has 1 amide bonds. The summed E-state index contributed by atoms with van der Waals surface area (Å²) in [7, 11) is 0. The van der Waals surface area contributed by atoms with Crippen LogP contribution in [-0.2, 0) is 0 Å². The smallest absolute Gasteiger partial charge is 0.254 e. The molecule has 0 radical (unpaired) electrons. The normalized spacial score (nSPS) is 18.1. The molecule has 2 saturated heterocycles. The number of hydrogen-bond donors (Lipinski definition) is 1. The monoisotopic (exact) mass is 592 g/mol. The van der Waals surface area contributed by atoms with E-state index in [1.807, 2.05) is 33.9 Å². The summed E-state index contributed by atoms with van der Waals surface area (Å²) in [5, 5.41) is 9.28. The second-order valence-electron chi connectivity index (χ2n) is 13.0. The molecule has 0 bridgehead atoms. The van der Waals surface area contributed by atoms with Gasteiger partial charge in [0.25, 0.3) is 5.91 Å². The van der Waals surface area contributed by atoms with Crippen molar-refractivity contribution in [3.8, 4) is 11.1 Å². The Kier molecular flexibility index (Phi) is 9.86. The number of aliphatic hydroxyl groups is 1. The Morgan fingerprint density at radius 2 is 1.77 bits per heavy atom. The number of pyridine rings is 1. The number of hydrogen-bond acceptors (Lipinski definition) is 6. The maximum absolute atomic E-state index is 14.6. The molecule has 3 aromatic rings. The fraction of sp³-hybridized carbons (Fsp3) is 0.588. The number of piperazine rings is 1. The van der Waals surface area contributed by atoms with Gasteiger partial charge < -0.3 is 14.4 Å². The van der Waals surface area contributed by atoms with Crippen LogP contribution in [0.25, 0.3) is 16.6 Å². The molecule has 2 fully saturated rings. The van der Waals surface area contributed by atoms with Gasteiger partial charge >= 0.3 is 0 Å². The number of aromatic nitrogens is 2. The van der Waals surface area contributed by atoms with Crippen LogP contribution in [0.3, 0.4) is 0 Å². The molecule has 1 aromatic carbocycles. The average molecular weight is 593 g/mol. The highest BCUT2D eigenvalue weighted by Gasteiger charge is 2.36. The summed E-state index contributed by atoms with van der Waals surface area (Å²) < 4.78 is 16.7. The quantitative estimate of drug-likeness (QED) is 0.357. The van der Waals surface area contributed by atoms with Crippen LogP contribution in [0.5, 0.6) is 0 Å². The van der Waals surface area contributed by atoms with E-state index in [1.54, 1.807) is 11.0 Å². The van der Waals surface area contributed by atoms with Gasteiger partial charge in [0, 0.05) is 88.7 Å². The van der Waals surface area contributed by atoms with E-state index in [-0.39, 0.29) is 18.6 Å². The van der Waals surface area contributed by atoms with Crippen molar-refractivity contribution in [3.63, 3.8) is 0 Å². The number of aliphatic hydroxyl groups excluding tert-OH is 1. The molecule has 9 heteroatoms. The molecule has 0 unspecified atom stereocenters. The Morgan fingerprint density at radius 3 is 2.40 bits per heavy atom. The first-order valence-electron chi connectivity index (χ1n) is 16.0. The molecular weight excluding hydrogens is 543 g/mol. The lowest BCUT2D eigenvalue weighted by Gasteiger charge is -2.48. The number of aryl methyl sites for hydroxylation is 1. The second kappa shape index (κ2) is 13.4. The lowest BCUT2D eigenvalue weighted by molar-refractivity contribution is 0.0253. The van der Waals surface area contributed by atoms with Gasteiger partial charge in [0.2, 0.25) is 0 Å². The number of nitrogens with zero attached hydrogens (tertiary/aromatic N) is 6. The molecule has 43 heavy (non-hydrogen) atoms. The SMILES string of the molecule is CCN(C(=O)c1cc(F)ccc1-c1cc(C2CN([C@H](CN3CCN(CCO)CC3)C(C)C)C2)cn2c(C)ncc12)C(C)C. The summed E-state index contributed by atoms with van der Waals surface area (Å²) in [6.45, 7) is 21.3. The molecule has 0 aliphatic carbocycles. The van der Waals surface area contributed by atoms with Crippen molar-refractivity contribution in [2.45, 2.75) is 59.5 Å². The van der Waals surface area contributed by atoms with Crippen molar-refractivity contribution in [1.82, 2.24) is 29.0 Å². The first-order valence-corrected chi connectivity index (χ1v) is 16.0. The predicted octanol–water partition coefficient (Wildman–Crippen LogP) is 4.35. The third-order valence-electron chi connectivity index (χ3n) is 9.52. The van der Waals surface area contributed by atoms with Gasteiger partial charge in [0.15, 0.2) is 0 Å². The first-order chi connectivity index (χ1) is 20.6. The van der Waals surface area contributed by atoms with Gasteiger partial charge in [0.1, 0.15) is 11.6 Å².